The predicted octanol–water partition coefficient (Wildman–Crippen LogP) is 3.81. The molecule has 1 aromatic heterocycles. The number of ketones is 1. The molecule has 0 aliphatic carbocycles. The summed E-state index contributed by atoms with van der Waals surface area (Å²) in [6, 6.07) is 8.24. The third kappa shape index (κ3) is 3.13. The first-order chi connectivity index (χ1) is 9.65. The van der Waals surface area contributed by atoms with Gasteiger partial charge in [-0.15, -0.1) is 0 Å². The maximum Gasteiger partial charge on any atom is 0.171 e. The van der Waals surface area contributed by atoms with E-state index in [-0.39, 0.29) is 17.8 Å². The number of carbonyl (C=O) groups excluding carboxylic acids is 1. The number of carbonyl (C=O) groups is 1. The Morgan fingerprint density at radius 3 is 2.60 bits per heavy atom. The number of hydrogen-bond acceptors (Lipinski definition) is 2. The van der Waals surface area contributed by atoms with Gasteiger partial charge in [0.2, 0.25) is 0 Å². The monoisotopic (exact) mass is 274 g/mol. The molecule has 1 aromatic carbocycles. The van der Waals surface area contributed by atoms with Crippen LogP contribution in [0.4, 0.5) is 4.39 Å². The molecular weight excluding hydrogens is 255 g/mol. The maximum atomic E-state index is 13.5. The molecule has 0 amide bonds. The van der Waals surface area contributed by atoms with Gasteiger partial charge >= 0.3 is 0 Å². The van der Waals surface area contributed by atoms with Gasteiger partial charge in [-0.25, -0.2) is 4.39 Å². The largest absolute Gasteiger partial charge is 0.294 e. The topological polar surface area (TPSA) is 34.9 Å². The van der Waals surface area contributed by atoms with E-state index in [2.05, 4.69) is 18.9 Å². The molecule has 106 valence electrons. The predicted molar refractivity (Wildman–Crippen MR) is 76.3 cm³/mol. The van der Waals surface area contributed by atoms with Crippen molar-refractivity contribution in [3.8, 4) is 0 Å². The molecule has 20 heavy (non-hydrogen) atoms. The Morgan fingerprint density at radius 1 is 1.25 bits per heavy atom. The highest BCUT2D eigenvalue weighted by Gasteiger charge is 2.14. The molecule has 1 heterocycles. The van der Waals surface area contributed by atoms with Crippen LogP contribution in [0.2, 0.25) is 0 Å². The van der Waals surface area contributed by atoms with Crippen LogP contribution < -0.4 is 0 Å². The highest BCUT2D eigenvalue weighted by atomic mass is 19.1. The van der Waals surface area contributed by atoms with Gasteiger partial charge in [0, 0.05) is 6.20 Å². The Morgan fingerprint density at radius 2 is 1.95 bits per heavy atom. The zero-order chi connectivity index (χ0) is 14.5. The highest BCUT2D eigenvalue weighted by molar-refractivity contribution is 5.97. The van der Waals surface area contributed by atoms with Crippen molar-refractivity contribution in [3.05, 3.63) is 53.6 Å². The van der Waals surface area contributed by atoms with E-state index in [1.54, 1.807) is 12.1 Å². The zero-order valence-electron chi connectivity index (χ0n) is 11.8. The van der Waals surface area contributed by atoms with E-state index in [0.717, 1.165) is 12.8 Å². The van der Waals surface area contributed by atoms with Gasteiger partial charge < -0.3 is 0 Å². The van der Waals surface area contributed by atoms with Crippen LogP contribution in [0.15, 0.2) is 36.5 Å². The van der Waals surface area contributed by atoms with Crippen LogP contribution >= 0.6 is 0 Å². The molecule has 2 aromatic rings. The van der Waals surface area contributed by atoms with Crippen LogP contribution in [-0.4, -0.2) is 15.6 Å². The van der Waals surface area contributed by atoms with E-state index in [9.17, 15) is 9.18 Å². The summed E-state index contributed by atoms with van der Waals surface area (Å²) in [4.78, 5) is 12.1. The van der Waals surface area contributed by atoms with Gasteiger partial charge in [0.05, 0.1) is 23.7 Å². The van der Waals surface area contributed by atoms with Gasteiger partial charge in [0.15, 0.2) is 5.78 Å². The van der Waals surface area contributed by atoms with Gasteiger partial charge in [0.1, 0.15) is 5.82 Å². The quantitative estimate of drug-likeness (QED) is 0.751. The van der Waals surface area contributed by atoms with Gasteiger partial charge in [-0.3, -0.25) is 9.48 Å². The fourth-order valence-electron chi connectivity index (χ4n) is 2.28. The molecule has 0 bridgehead atoms. The lowest BCUT2D eigenvalue weighted by atomic mass is 10.1. The summed E-state index contributed by atoms with van der Waals surface area (Å²) in [5, 5.41) is 4.42. The molecule has 0 saturated heterocycles. The minimum atomic E-state index is -0.475. The summed E-state index contributed by atoms with van der Waals surface area (Å²) < 4.78 is 15.4. The number of aromatic nitrogens is 2. The molecule has 0 fully saturated rings. The second-order valence-corrected chi connectivity index (χ2v) is 4.84. The van der Waals surface area contributed by atoms with E-state index >= 15 is 0 Å². The molecule has 0 radical (unpaired) electrons. The lowest BCUT2D eigenvalue weighted by Gasteiger charge is -2.12. The number of hydrogen-bond donors (Lipinski definition) is 0. The number of Topliss-reactive ketones (excluding diaryl/α,β-unsaturated/α-hetero) is 1. The SMILES string of the molecule is CCC(CC)n1ccc(CC(=O)c2ccccc2F)n1. The standard InChI is InChI=1S/C16H19FN2O/c1-3-13(4-2)19-10-9-12(18-19)11-16(20)14-7-5-6-8-15(14)17/h5-10,13H,3-4,11H2,1-2H3. The summed E-state index contributed by atoms with van der Waals surface area (Å²) in [5.74, 6) is -0.713. The van der Waals surface area contributed by atoms with Gasteiger partial charge in [-0.1, -0.05) is 26.0 Å². The van der Waals surface area contributed by atoms with Crippen molar-refractivity contribution < 1.29 is 9.18 Å². The normalized spacial score (nSPS) is 11.0. The van der Waals surface area contributed by atoms with Crippen LogP contribution in [0.25, 0.3) is 0 Å². The summed E-state index contributed by atoms with van der Waals surface area (Å²) in [7, 11) is 0. The van der Waals surface area contributed by atoms with Crippen molar-refractivity contribution in [2.75, 3.05) is 0 Å². The molecule has 0 aliphatic heterocycles. The molecule has 4 heteroatoms. The van der Waals surface area contributed by atoms with Crippen molar-refractivity contribution in [1.82, 2.24) is 9.78 Å². The first kappa shape index (κ1) is 14.4. The number of benzene rings is 1. The van der Waals surface area contributed by atoms with E-state index < -0.39 is 5.82 Å². The summed E-state index contributed by atoms with van der Waals surface area (Å²) in [5.41, 5.74) is 0.815. The van der Waals surface area contributed by atoms with Gasteiger partial charge in [-0.05, 0) is 31.0 Å². The maximum absolute atomic E-state index is 13.5. The molecule has 0 N–H and O–H groups in total. The Balaban J connectivity index is 2.11. The number of nitrogens with zero attached hydrogens (tertiary/aromatic N) is 2. The minimum Gasteiger partial charge on any atom is -0.294 e. The smallest absolute Gasteiger partial charge is 0.171 e. The number of rotatable bonds is 6. The number of halogens is 1. The summed E-state index contributed by atoms with van der Waals surface area (Å²) in [6.45, 7) is 4.22. The van der Waals surface area contributed by atoms with Crippen molar-refractivity contribution in [2.45, 2.75) is 39.2 Å². The lowest BCUT2D eigenvalue weighted by molar-refractivity contribution is 0.0988. The Kier molecular flexibility index (Phi) is 4.66. The average Bonchev–Trinajstić information content (AvgIpc) is 2.89. The third-order valence-corrected chi connectivity index (χ3v) is 3.50. The Labute approximate surface area is 118 Å². The van der Waals surface area contributed by atoms with E-state index in [0.29, 0.717) is 11.7 Å². The van der Waals surface area contributed by atoms with Crippen LogP contribution in [0.1, 0.15) is 48.8 Å². The lowest BCUT2D eigenvalue weighted by Crippen LogP contribution is -2.10. The molecule has 0 spiro atoms. The molecule has 0 unspecified atom stereocenters. The average molecular weight is 274 g/mol. The van der Waals surface area contributed by atoms with Gasteiger partial charge in [0.25, 0.3) is 0 Å². The van der Waals surface area contributed by atoms with Crippen LogP contribution in [-0.2, 0) is 6.42 Å². The molecule has 0 atom stereocenters. The Hall–Kier alpha value is -1.97. The molecular formula is C16H19FN2O. The second-order valence-electron chi connectivity index (χ2n) is 4.84. The van der Waals surface area contributed by atoms with Crippen molar-refractivity contribution >= 4 is 5.78 Å². The summed E-state index contributed by atoms with van der Waals surface area (Å²) >= 11 is 0. The summed E-state index contributed by atoms with van der Waals surface area (Å²) in [6.07, 6.45) is 4.02. The molecule has 0 aliphatic rings. The van der Waals surface area contributed by atoms with E-state index in [4.69, 9.17) is 0 Å². The second kappa shape index (κ2) is 6.46. The molecule has 3 nitrogen and oxygen atoms in total. The van der Waals surface area contributed by atoms with E-state index in [1.807, 2.05) is 16.9 Å². The van der Waals surface area contributed by atoms with Crippen molar-refractivity contribution in [3.63, 3.8) is 0 Å². The van der Waals surface area contributed by atoms with Crippen LogP contribution in [0.5, 0.6) is 0 Å². The van der Waals surface area contributed by atoms with Crippen LogP contribution in [0.3, 0.4) is 0 Å². The highest BCUT2D eigenvalue weighted by Crippen LogP contribution is 2.16. The first-order valence-corrected chi connectivity index (χ1v) is 6.97. The zero-order valence-corrected chi connectivity index (χ0v) is 11.8. The molecule has 2 rings (SSSR count). The fraction of sp³-hybridized carbons (Fsp3) is 0.375. The van der Waals surface area contributed by atoms with Gasteiger partial charge in [-0.2, -0.15) is 5.10 Å². The first-order valence-electron chi connectivity index (χ1n) is 6.97. The minimum absolute atomic E-state index is 0.129. The van der Waals surface area contributed by atoms with E-state index in [1.165, 1.54) is 12.1 Å². The Bertz CT molecular complexity index is 588. The third-order valence-electron chi connectivity index (χ3n) is 3.50. The van der Waals surface area contributed by atoms with Crippen molar-refractivity contribution in [2.24, 2.45) is 0 Å². The fourth-order valence-corrected chi connectivity index (χ4v) is 2.28. The van der Waals surface area contributed by atoms with Crippen LogP contribution in [0, 0.1) is 5.82 Å². The van der Waals surface area contributed by atoms with Crippen molar-refractivity contribution in [1.29, 1.82) is 0 Å². The molecule has 0 saturated carbocycles.